The number of rotatable bonds is 6. The maximum atomic E-state index is 14.5. The first-order valence-corrected chi connectivity index (χ1v) is 11.2. The van der Waals surface area contributed by atoms with E-state index in [0.29, 0.717) is 41.9 Å². The number of benzene rings is 2. The summed E-state index contributed by atoms with van der Waals surface area (Å²) in [5, 5.41) is 3.13. The molecule has 0 spiro atoms. The zero-order valence-corrected chi connectivity index (χ0v) is 18.8. The molecule has 0 fully saturated rings. The molecule has 1 unspecified atom stereocenters. The second kappa shape index (κ2) is 9.96. The van der Waals surface area contributed by atoms with Crippen molar-refractivity contribution in [3.63, 3.8) is 0 Å². The Morgan fingerprint density at radius 2 is 2.00 bits per heavy atom. The summed E-state index contributed by atoms with van der Waals surface area (Å²) in [5.41, 5.74) is 2.76. The zero-order chi connectivity index (χ0) is 24.2. The van der Waals surface area contributed by atoms with Crippen LogP contribution >= 0.6 is 0 Å². The third-order valence-corrected chi connectivity index (χ3v) is 5.99. The van der Waals surface area contributed by atoms with Crippen LogP contribution in [-0.2, 0) is 16.0 Å². The summed E-state index contributed by atoms with van der Waals surface area (Å²) in [5.74, 6) is 0.286. The lowest BCUT2D eigenvalue weighted by Gasteiger charge is -2.35. The van der Waals surface area contributed by atoms with E-state index in [2.05, 4.69) is 23.1 Å². The number of carbonyl (C=O) groups excluding carboxylic acids is 2. The first-order valence-electron chi connectivity index (χ1n) is 11.2. The largest absolute Gasteiger partial charge is 0.449 e. The number of nitrogens with one attached hydrogen (secondary N) is 2. The number of halogens is 2. The minimum Gasteiger partial charge on any atom is -0.449 e. The minimum atomic E-state index is -0.699. The van der Waals surface area contributed by atoms with Gasteiger partial charge in [0.1, 0.15) is 11.6 Å². The number of fused-ring (bicyclic) bond motifs is 3. The number of aromatic amines is 1. The molecular formula is C26H25F2N3O3. The first kappa shape index (κ1) is 23.3. The Labute approximate surface area is 196 Å². The van der Waals surface area contributed by atoms with Gasteiger partial charge in [-0.15, -0.1) is 6.42 Å². The minimum absolute atomic E-state index is 0.190. The van der Waals surface area contributed by atoms with Crippen molar-refractivity contribution in [1.82, 2.24) is 9.88 Å². The van der Waals surface area contributed by atoms with Crippen LogP contribution in [0.3, 0.4) is 0 Å². The fraction of sp³-hybridized carbons (Fsp3) is 0.308. The van der Waals surface area contributed by atoms with E-state index in [0.717, 1.165) is 30.9 Å². The Balaban J connectivity index is 1.64. The van der Waals surface area contributed by atoms with Crippen molar-refractivity contribution >= 4 is 28.6 Å². The molecule has 2 N–H and O–H groups in total. The van der Waals surface area contributed by atoms with Crippen molar-refractivity contribution in [3.05, 3.63) is 64.9 Å². The molecule has 2 heterocycles. The van der Waals surface area contributed by atoms with E-state index in [-0.39, 0.29) is 5.52 Å². The van der Waals surface area contributed by atoms with Gasteiger partial charge in [0, 0.05) is 29.4 Å². The highest BCUT2D eigenvalue weighted by atomic mass is 19.1. The van der Waals surface area contributed by atoms with E-state index in [1.807, 2.05) is 0 Å². The molecule has 1 aliphatic heterocycles. The van der Waals surface area contributed by atoms with Gasteiger partial charge in [-0.1, -0.05) is 31.9 Å². The van der Waals surface area contributed by atoms with Crippen LogP contribution in [0.4, 0.5) is 19.3 Å². The van der Waals surface area contributed by atoms with E-state index in [9.17, 15) is 18.4 Å². The summed E-state index contributed by atoms with van der Waals surface area (Å²) < 4.78 is 33.5. The number of hydrogen-bond acceptors (Lipinski definition) is 3. The predicted octanol–water partition coefficient (Wildman–Crippen LogP) is 5.29. The van der Waals surface area contributed by atoms with Gasteiger partial charge in [0.2, 0.25) is 0 Å². The van der Waals surface area contributed by atoms with Gasteiger partial charge in [-0.2, -0.15) is 0 Å². The third-order valence-electron chi connectivity index (χ3n) is 5.99. The second-order valence-corrected chi connectivity index (χ2v) is 8.21. The summed E-state index contributed by atoms with van der Waals surface area (Å²) in [6.45, 7) is 2.72. The average Bonchev–Trinajstić information content (AvgIpc) is 3.20. The molecule has 4 rings (SSSR count). The summed E-state index contributed by atoms with van der Waals surface area (Å²) in [6.07, 6.45) is 8.09. The van der Waals surface area contributed by atoms with Crippen LogP contribution in [0.1, 0.15) is 49.0 Å². The molecule has 6 nitrogen and oxygen atoms in total. The number of ether oxygens (including phenoxy) is 1. The molecule has 3 aromatic rings. The Hall–Kier alpha value is -3.86. The van der Waals surface area contributed by atoms with Crippen LogP contribution in [-0.4, -0.2) is 35.0 Å². The predicted molar refractivity (Wildman–Crippen MR) is 125 cm³/mol. The fourth-order valence-corrected chi connectivity index (χ4v) is 4.38. The van der Waals surface area contributed by atoms with Crippen molar-refractivity contribution in [2.45, 2.75) is 38.6 Å². The number of hydrogen-bond donors (Lipinski definition) is 2. The summed E-state index contributed by atoms with van der Waals surface area (Å²) in [6, 6.07) is 8.40. The van der Waals surface area contributed by atoms with Crippen LogP contribution in [0, 0.1) is 24.0 Å². The van der Waals surface area contributed by atoms with Crippen molar-refractivity contribution in [1.29, 1.82) is 0 Å². The second-order valence-electron chi connectivity index (χ2n) is 8.21. The molecule has 0 aliphatic carbocycles. The average molecular weight is 466 g/mol. The normalized spacial score (nSPS) is 15.0. The lowest BCUT2D eigenvalue weighted by Crippen LogP contribution is -2.39. The highest BCUT2D eigenvalue weighted by molar-refractivity contribution is 5.94. The van der Waals surface area contributed by atoms with Crippen LogP contribution < -0.4 is 5.32 Å². The number of aromatic nitrogens is 1. The van der Waals surface area contributed by atoms with Gasteiger partial charge >= 0.3 is 6.09 Å². The van der Waals surface area contributed by atoms with Crippen molar-refractivity contribution in [2.75, 3.05) is 18.5 Å². The van der Waals surface area contributed by atoms with Crippen LogP contribution in [0.15, 0.2) is 36.4 Å². The van der Waals surface area contributed by atoms with Gasteiger partial charge in [0.15, 0.2) is 0 Å². The summed E-state index contributed by atoms with van der Waals surface area (Å²) >= 11 is 0. The molecule has 0 radical (unpaired) electrons. The quantitative estimate of drug-likeness (QED) is 0.384. The maximum Gasteiger partial charge on any atom is 0.411 e. The molecule has 1 aliphatic rings. The SMILES string of the molecule is C#CC(=O)N1CCc2c([nH]c3c(F)cc(F)cc23)C1c1ccc(NC(=O)OCCCCC)cc1. The molecule has 2 amide bonds. The number of terminal acetylenes is 1. The fourth-order valence-electron chi connectivity index (χ4n) is 4.38. The number of amides is 2. The Kier molecular flexibility index (Phi) is 6.82. The molecule has 0 saturated carbocycles. The van der Waals surface area contributed by atoms with Crippen molar-refractivity contribution < 1.29 is 23.1 Å². The first-order chi connectivity index (χ1) is 16.4. The molecule has 34 heavy (non-hydrogen) atoms. The molecular weight excluding hydrogens is 440 g/mol. The lowest BCUT2D eigenvalue weighted by molar-refractivity contribution is -0.127. The smallest absolute Gasteiger partial charge is 0.411 e. The Morgan fingerprint density at radius 1 is 1.24 bits per heavy atom. The van der Waals surface area contributed by atoms with E-state index >= 15 is 0 Å². The topological polar surface area (TPSA) is 74.4 Å². The van der Waals surface area contributed by atoms with E-state index < -0.39 is 29.7 Å². The van der Waals surface area contributed by atoms with Crippen molar-refractivity contribution in [3.8, 4) is 12.3 Å². The van der Waals surface area contributed by atoms with Crippen LogP contribution in [0.25, 0.3) is 10.9 Å². The van der Waals surface area contributed by atoms with Crippen LogP contribution in [0.5, 0.6) is 0 Å². The van der Waals surface area contributed by atoms with Gasteiger partial charge < -0.3 is 14.6 Å². The zero-order valence-electron chi connectivity index (χ0n) is 18.8. The molecule has 0 bridgehead atoms. The van der Waals surface area contributed by atoms with Gasteiger partial charge in [-0.3, -0.25) is 10.1 Å². The van der Waals surface area contributed by atoms with E-state index in [1.165, 1.54) is 11.0 Å². The summed E-state index contributed by atoms with van der Waals surface area (Å²) in [7, 11) is 0. The number of unbranched alkanes of at least 4 members (excludes halogenated alkanes) is 2. The Morgan fingerprint density at radius 3 is 2.71 bits per heavy atom. The van der Waals surface area contributed by atoms with Crippen LogP contribution in [0.2, 0.25) is 0 Å². The maximum absolute atomic E-state index is 14.5. The van der Waals surface area contributed by atoms with E-state index in [4.69, 9.17) is 11.2 Å². The Bertz CT molecular complexity index is 1260. The van der Waals surface area contributed by atoms with Gasteiger partial charge in [0.25, 0.3) is 5.91 Å². The molecule has 1 atom stereocenters. The lowest BCUT2D eigenvalue weighted by atomic mass is 9.92. The number of nitrogens with zero attached hydrogens (tertiary/aromatic N) is 1. The highest BCUT2D eigenvalue weighted by Crippen LogP contribution is 2.39. The standard InChI is InChI=1S/C26H25F2N3O3/c1-3-5-6-13-34-26(33)29-18-9-7-16(8-10-18)25-24-19(11-12-31(25)22(32)4-2)20-14-17(27)15-21(28)23(20)30-24/h2,7-10,14-15,25,30H,3,5-6,11-13H2,1H3,(H,29,33). The number of carbonyl (C=O) groups is 2. The van der Waals surface area contributed by atoms with Gasteiger partial charge in [0.05, 0.1) is 18.2 Å². The van der Waals surface area contributed by atoms with Gasteiger partial charge in [-0.05, 0) is 48.1 Å². The monoisotopic (exact) mass is 465 g/mol. The molecule has 1 aromatic heterocycles. The summed E-state index contributed by atoms with van der Waals surface area (Å²) in [4.78, 5) is 29.1. The van der Waals surface area contributed by atoms with E-state index in [1.54, 1.807) is 24.3 Å². The number of anilines is 1. The third kappa shape index (κ3) is 4.60. The van der Waals surface area contributed by atoms with Crippen molar-refractivity contribution in [2.24, 2.45) is 0 Å². The van der Waals surface area contributed by atoms with Gasteiger partial charge in [-0.25, -0.2) is 13.6 Å². The number of H-pyrrole nitrogens is 1. The molecule has 8 heteroatoms. The molecule has 0 saturated heterocycles. The molecule has 176 valence electrons. The highest BCUT2D eigenvalue weighted by Gasteiger charge is 2.34. The molecule has 2 aromatic carbocycles.